The Morgan fingerprint density at radius 1 is 0.944 bits per heavy atom. The second kappa shape index (κ2) is 9.93. The average Bonchev–Trinajstić information content (AvgIpc) is 3.18. The topological polar surface area (TPSA) is 79.0 Å². The molecule has 0 aliphatic rings. The number of nitrogens with zero attached hydrogens (tertiary/aromatic N) is 4. The zero-order valence-corrected chi connectivity index (χ0v) is 21.1. The van der Waals surface area contributed by atoms with Crippen molar-refractivity contribution in [3.05, 3.63) is 78.2 Å². The van der Waals surface area contributed by atoms with Gasteiger partial charge < -0.3 is 4.74 Å². The zero-order chi connectivity index (χ0) is 26.4. The first-order chi connectivity index (χ1) is 16.9. The van der Waals surface area contributed by atoms with Crippen LogP contribution in [0.25, 0.3) is 22.3 Å². The van der Waals surface area contributed by atoms with Crippen LogP contribution in [-0.2, 0) is 22.1 Å². The van der Waals surface area contributed by atoms with Crippen molar-refractivity contribution in [3.8, 4) is 11.4 Å². The van der Waals surface area contributed by atoms with Crippen molar-refractivity contribution < 1.29 is 22.7 Å². The predicted octanol–water partition coefficient (Wildman–Crippen LogP) is 6.31. The number of carbonyl (C=O) groups is 1. The molecule has 188 valence electrons. The van der Waals surface area contributed by atoms with Gasteiger partial charge in [0.15, 0.2) is 5.69 Å². The zero-order valence-electron chi connectivity index (χ0n) is 18.0. The van der Waals surface area contributed by atoms with Crippen LogP contribution in [0.3, 0.4) is 0 Å². The summed E-state index contributed by atoms with van der Waals surface area (Å²) in [6.07, 6.45) is -5.63. The highest BCUT2D eigenvalue weighted by Crippen LogP contribution is 2.36. The quantitative estimate of drug-likeness (QED) is 0.259. The van der Waals surface area contributed by atoms with E-state index < -0.39 is 35.2 Å². The minimum atomic E-state index is -5.05. The van der Waals surface area contributed by atoms with Crippen LogP contribution in [0.5, 0.6) is 0 Å². The summed E-state index contributed by atoms with van der Waals surface area (Å²) < 4.78 is 48.9. The standard InChI is InChI=1S/C22H13Cl4F3N4O3/c1-2-36-17(34)9-14-19-18(21(35)33(30-14)16-6-4-11(24)8-13(16)26)20(22(27,28)29)31-32(19)15-5-3-10(23)7-12(15)25/h3-8H,2,9H2,1H3. The Morgan fingerprint density at radius 3 is 2.00 bits per heavy atom. The van der Waals surface area contributed by atoms with Gasteiger partial charge in [-0.3, -0.25) is 9.59 Å². The third-order valence-corrected chi connectivity index (χ3v) is 6.02. The molecule has 0 unspecified atom stereocenters. The molecule has 2 aromatic heterocycles. The van der Waals surface area contributed by atoms with E-state index in [-0.39, 0.29) is 49.3 Å². The lowest BCUT2D eigenvalue weighted by molar-refractivity contribution is -0.142. The Balaban J connectivity index is 2.16. The minimum absolute atomic E-state index is 0.0146. The highest BCUT2D eigenvalue weighted by atomic mass is 35.5. The summed E-state index contributed by atoms with van der Waals surface area (Å²) >= 11 is 24.3. The molecule has 0 bridgehead atoms. The molecule has 0 fully saturated rings. The first-order valence-corrected chi connectivity index (χ1v) is 11.6. The van der Waals surface area contributed by atoms with Crippen molar-refractivity contribution in [3.63, 3.8) is 0 Å². The molecule has 14 heteroatoms. The Labute approximate surface area is 220 Å². The van der Waals surface area contributed by atoms with Crippen LogP contribution < -0.4 is 5.56 Å². The van der Waals surface area contributed by atoms with E-state index in [1.165, 1.54) is 36.4 Å². The summed E-state index contributed by atoms with van der Waals surface area (Å²) in [6, 6.07) is 8.00. The van der Waals surface area contributed by atoms with Crippen molar-refractivity contribution in [2.75, 3.05) is 6.61 Å². The van der Waals surface area contributed by atoms with Gasteiger partial charge in [-0.1, -0.05) is 46.4 Å². The lowest BCUT2D eigenvalue weighted by Crippen LogP contribution is -2.26. The maximum absolute atomic E-state index is 14.1. The van der Waals surface area contributed by atoms with Gasteiger partial charge in [-0.2, -0.15) is 28.1 Å². The van der Waals surface area contributed by atoms with E-state index in [2.05, 4.69) is 10.2 Å². The highest BCUT2D eigenvalue weighted by molar-refractivity contribution is 6.36. The van der Waals surface area contributed by atoms with Gasteiger partial charge in [-0.25, -0.2) is 4.68 Å². The van der Waals surface area contributed by atoms with E-state index in [1.807, 2.05) is 0 Å². The lowest BCUT2D eigenvalue weighted by atomic mass is 10.1. The van der Waals surface area contributed by atoms with Crippen LogP contribution in [-0.4, -0.2) is 32.1 Å². The maximum Gasteiger partial charge on any atom is 0.436 e. The second-order valence-electron chi connectivity index (χ2n) is 7.32. The van der Waals surface area contributed by atoms with E-state index in [1.54, 1.807) is 6.92 Å². The van der Waals surface area contributed by atoms with Crippen molar-refractivity contribution in [2.45, 2.75) is 19.5 Å². The molecule has 2 aromatic carbocycles. The summed E-state index contributed by atoms with van der Waals surface area (Å²) in [6.45, 7) is 1.58. The highest BCUT2D eigenvalue weighted by Gasteiger charge is 2.40. The van der Waals surface area contributed by atoms with Crippen molar-refractivity contribution in [1.82, 2.24) is 19.6 Å². The molecular formula is C22H13Cl4F3N4O3. The average molecular weight is 580 g/mol. The van der Waals surface area contributed by atoms with Gasteiger partial charge in [0.1, 0.15) is 10.9 Å². The smallest absolute Gasteiger partial charge is 0.436 e. The molecule has 7 nitrogen and oxygen atoms in total. The lowest BCUT2D eigenvalue weighted by Gasteiger charge is -2.13. The van der Waals surface area contributed by atoms with Crippen LogP contribution in [0.15, 0.2) is 41.2 Å². The summed E-state index contributed by atoms with van der Waals surface area (Å²) in [5, 5.41) is 7.37. The van der Waals surface area contributed by atoms with E-state index in [0.717, 1.165) is 4.68 Å². The second-order valence-corrected chi connectivity index (χ2v) is 9.01. The third-order valence-electron chi connectivity index (χ3n) is 4.95. The first kappa shape index (κ1) is 26.3. The SMILES string of the molecule is CCOC(=O)Cc1nn(-c2ccc(Cl)cc2Cl)c(=O)c2c(C(F)(F)F)nn(-c3ccc(Cl)cc3Cl)c12. The fourth-order valence-electron chi connectivity index (χ4n) is 3.52. The molecule has 4 aromatic rings. The van der Waals surface area contributed by atoms with Crippen LogP contribution >= 0.6 is 46.4 Å². The summed E-state index contributed by atoms with van der Waals surface area (Å²) in [4.78, 5) is 25.8. The predicted molar refractivity (Wildman–Crippen MR) is 130 cm³/mol. The van der Waals surface area contributed by atoms with E-state index in [9.17, 15) is 22.8 Å². The molecule has 0 amide bonds. The molecule has 0 spiro atoms. The Hall–Kier alpha value is -2.79. The van der Waals surface area contributed by atoms with Gasteiger partial charge in [0.25, 0.3) is 5.56 Å². The number of rotatable bonds is 5. The van der Waals surface area contributed by atoms with E-state index in [0.29, 0.717) is 4.68 Å². The number of benzene rings is 2. The molecule has 2 heterocycles. The number of hydrogen-bond acceptors (Lipinski definition) is 5. The number of esters is 1. The van der Waals surface area contributed by atoms with Crippen LogP contribution in [0, 0.1) is 0 Å². The molecule has 0 atom stereocenters. The Bertz CT molecular complexity index is 1570. The summed E-state index contributed by atoms with van der Waals surface area (Å²) in [5.41, 5.74) is -3.35. The van der Waals surface area contributed by atoms with Gasteiger partial charge in [0, 0.05) is 10.0 Å². The molecular weight excluding hydrogens is 567 g/mol. The maximum atomic E-state index is 14.1. The first-order valence-electron chi connectivity index (χ1n) is 10.1. The van der Waals surface area contributed by atoms with Crippen molar-refractivity contribution in [2.24, 2.45) is 0 Å². The van der Waals surface area contributed by atoms with Gasteiger partial charge in [0.2, 0.25) is 0 Å². The molecule has 0 saturated heterocycles. The van der Waals surface area contributed by atoms with Crippen LogP contribution in [0.2, 0.25) is 20.1 Å². The number of ether oxygens (including phenoxy) is 1. The fourth-order valence-corrected chi connectivity index (χ4v) is 4.49. The monoisotopic (exact) mass is 578 g/mol. The Kier molecular flexibility index (Phi) is 7.25. The number of halogens is 7. The van der Waals surface area contributed by atoms with Gasteiger partial charge in [-0.15, -0.1) is 0 Å². The molecule has 4 rings (SSSR count). The number of hydrogen-bond donors (Lipinski definition) is 0. The Morgan fingerprint density at radius 2 is 1.50 bits per heavy atom. The van der Waals surface area contributed by atoms with Crippen LogP contribution in [0.4, 0.5) is 13.2 Å². The number of aromatic nitrogens is 4. The van der Waals surface area contributed by atoms with Crippen molar-refractivity contribution >= 4 is 63.3 Å². The summed E-state index contributed by atoms with van der Waals surface area (Å²) in [5.74, 6) is -0.790. The third kappa shape index (κ3) is 4.90. The fraction of sp³-hybridized carbons (Fsp3) is 0.182. The van der Waals surface area contributed by atoms with Gasteiger partial charge >= 0.3 is 12.1 Å². The van der Waals surface area contributed by atoms with Crippen molar-refractivity contribution in [1.29, 1.82) is 0 Å². The molecule has 0 N–H and O–H groups in total. The number of carbonyl (C=O) groups excluding carboxylic acids is 1. The minimum Gasteiger partial charge on any atom is -0.466 e. The van der Waals surface area contributed by atoms with E-state index in [4.69, 9.17) is 51.1 Å². The number of alkyl halides is 3. The normalized spacial score (nSPS) is 11.8. The summed E-state index contributed by atoms with van der Waals surface area (Å²) in [7, 11) is 0. The largest absolute Gasteiger partial charge is 0.466 e. The van der Waals surface area contributed by atoms with Gasteiger partial charge in [-0.05, 0) is 43.3 Å². The number of fused-ring (bicyclic) bond motifs is 1. The molecule has 36 heavy (non-hydrogen) atoms. The molecule has 0 aliphatic carbocycles. The van der Waals surface area contributed by atoms with Gasteiger partial charge in [0.05, 0.1) is 40.1 Å². The molecule has 0 saturated carbocycles. The van der Waals surface area contributed by atoms with E-state index >= 15 is 0 Å². The van der Waals surface area contributed by atoms with Crippen LogP contribution in [0.1, 0.15) is 18.3 Å². The molecule has 0 radical (unpaired) electrons. The molecule has 0 aliphatic heterocycles.